The molecule has 5 nitrogen and oxygen atoms in total. The van der Waals surface area contributed by atoms with Crippen molar-refractivity contribution in [2.24, 2.45) is 11.1 Å². The largest absolute Gasteiger partial charge is 0.395 e. The summed E-state index contributed by atoms with van der Waals surface area (Å²) in [5.74, 6) is -0.201. The van der Waals surface area contributed by atoms with Gasteiger partial charge in [-0.15, -0.1) is 0 Å². The van der Waals surface area contributed by atoms with Crippen molar-refractivity contribution in [2.75, 3.05) is 6.61 Å². The Morgan fingerprint density at radius 1 is 1.75 bits per heavy atom. The Balaban J connectivity index is 2.82. The van der Waals surface area contributed by atoms with Gasteiger partial charge in [-0.1, -0.05) is 5.16 Å². The summed E-state index contributed by atoms with van der Waals surface area (Å²) >= 11 is 0. The van der Waals surface area contributed by atoms with Crippen molar-refractivity contribution in [3.63, 3.8) is 0 Å². The van der Waals surface area contributed by atoms with Crippen molar-refractivity contribution >= 4 is 5.71 Å². The van der Waals surface area contributed by atoms with Crippen LogP contribution in [0, 0.1) is 16.0 Å². The first kappa shape index (κ1) is 8.96. The SMILES string of the molecule is CC1=NOCC1C(C)(C)[N+](=O)[O-]. The third-order valence-electron chi connectivity index (χ3n) is 2.28. The minimum atomic E-state index is -0.982. The maximum absolute atomic E-state index is 10.6. The van der Waals surface area contributed by atoms with Crippen LogP contribution in [0.1, 0.15) is 20.8 Å². The zero-order valence-electron chi connectivity index (χ0n) is 7.40. The molecule has 1 heterocycles. The maximum Gasteiger partial charge on any atom is 0.228 e. The van der Waals surface area contributed by atoms with E-state index in [1.807, 2.05) is 0 Å². The summed E-state index contributed by atoms with van der Waals surface area (Å²) in [6.45, 7) is 5.25. The summed E-state index contributed by atoms with van der Waals surface area (Å²) in [4.78, 5) is 15.2. The number of hydrogen-bond donors (Lipinski definition) is 0. The average Bonchev–Trinajstić information content (AvgIpc) is 2.35. The highest BCUT2D eigenvalue weighted by molar-refractivity contribution is 5.85. The van der Waals surface area contributed by atoms with E-state index in [0.29, 0.717) is 12.3 Å². The van der Waals surface area contributed by atoms with E-state index < -0.39 is 5.54 Å². The molecule has 12 heavy (non-hydrogen) atoms. The Morgan fingerprint density at radius 3 is 2.67 bits per heavy atom. The smallest absolute Gasteiger partial charge is 0.228 e. The molecule has 0 aromatic carbocycles. The Morgan fingerprint density at radius 2 is 2.33 bits per heavy atom. The van der Waals surface area contributed by atoms with Crippen molar-refractivity contribution in [3.05, 3.63) is 10.1 Å². The van der Waals surface area contributed by atoms with Gasteiger partial charge >= 0.3 is 0 Å². The summed E-state index contributed by atoms with van der Waals surface area (Å²) < 4.78 is 0. The van der Waals surface area contributed by atoms with Gasteiger partial charge in [-0.05, 0) is 6.92 Å². The number of nitro groups is 1. The van der Waals surface area contributed by atoms with E-state index in [1.165, 1.54) is 0 Å². The normalized spacial score (nSPS) is 23.2. The van der Waals surface area contributed by atoms with Gasteiger partial charge in [0.15, 0.2) is 0 Å². The molecule has 0 aliphatic carbocycles. The molecule has 1 atom stereocenters. The lowest BCUT2D eigenvalue weighted by molar-refractivity contribution is -0.567. The fraction of sp³-hybridized carbons (Fsp3) is 0.857. The van der Waals surface area contributed by atoms with Crippen LogP contribution in [0.25, 0.3) is 0 Å². The van der Waals surface area contributed by atoms with Gasteiger partial charge in [0.25, 0.3) is 0 Å². The van der Waals surface area contributed by atoms with Crippen molar-refractivity contribution in [1.29, 1.82) is 0 Å². The van der Waals surface area contributed by atoms with Gasteiger partial charge in [0.1, 0.15) is 12.5 Å². The first-order valence-electron chi connectivity index (χ1n) is 3.77. The zero-order valence-corrected chi connectivity index (χ0v) is 7.40. The molecule has 1 aliphatic heterocycles. The fourth-order valence-electron chi connectivity index (χ4n) is 1.24. The summed E-state index contributed by atoms with van der Waals surface area (Å²) in [5, 5.41) is 14.3. The predicted octanol–water partition coefficient (Wildman–Crippen LogP) is 1.06. The third kappa shape index (κ3) is 1.26. The number of nitrogens with zero attached hydrogens (tertiary/aromatic N) is 2. The standard InChI is InChI=1S/C7H12N2O3/c1-5-6(4-12-8-5)7(2,3)9(10)11/h6H,4H2,1-3H3. The fourth-order valence-corrected chi connectivity index (χ4v) is 1.24. The van der Waals surface area contributed by atoms with Crippen molar-refractivity contribution in [3.8, 4) is 0 Å². The Hall–Kier alpha value is -1.13. The maximum atomic E-state index is 10.6. The quantitative estimate of drug-likeness (QED) is 0.462. The Bertz CT molecular complexity index is 235. The second kappa shape index (κ2) is 2.73. The van der Waals surface area contributed by atoms with Crippen LogP contribution in [0.3, 0.4) is 0 Å². The van der Waals surface area contributed by atoms with E-state index in [1.54, 1.807) is 20.8 Å². The van der Waals surface area contributed by atoms with Crippen molar-refractivity contribution in [1.82, 2.24) is 0 Å². The topological polar surface area (TPSA) is 64.7 Å². The highest BCUT2D eigenvalue weighted by Crippen LogP contribution is 2.25. The third-order valence-corrected chi connectivity index (χ3v) is 2.28. The lowest BCUT2D eigenvalue weighted by Gasteiger charge is -2.20. The molecule has 0 fully saturated rings. The van der Waals surface area contributed by atoms with Gasteiger partial charge in [-0.25, -0.2) is 0 Å². The molecular weight excluding hydrogens is 160 g/mol. The van der Waals surface area contributed by atoms with Gasteiger partial charge in [-0.3, -0.25) is 10.1 Å². The van der Waals surface area contributed by atoms with Gasteiger partial charge < -0.3 is 4.84 Å². The van der Waals surface area contributed by atoms with Crippen LogP contribution in [0.15, 0.2) is 5.16 Å². The molecule has 5 heteroatoms. The predicted molar refractivity (Wildman–Crippen MR) is 43.6 cm³/mol. The highest BCUT2D eigenvalue weighted by Gasteiger charge is 2.45. The second-order valence-corrected chi connectivity index (χ2v) is 3.49. The summed E-state index contributed by atoms with van der Waals surface area (Å²) in [7, 11) is 0. The highest BCUT2D eigenvalue weighted by atomic mass is 16.6. The first-order chi connectivity index (χ1) is 5.46. The number of oxime groups is 1. The number of rotatable bonds is 2. The van der Waals surface area contributed by atoms with Crippen LogP contribution >= 0.6 is 0 Å². The van der Waals surface area contributed by atoms with Crippen LogP contribution < -0.4 is 0 Å². The Labute approximate surface area is 70.5 Å². The molecule has 0 amide bonds. The molecule has 0 bridgehead atoms. The molecule has 1 unspecified atom stereocenters. The molecule has 0 saturated carbocycles. The number of hydrogen-bond acceptors (Lipinski definition) is 4. The van der Waals surface area contributed by atoms with E-state index in [0.717, 1.165) is 0 Å². The molecule has 0 aromatic rings. The van der Waals surface area contributed by atoms with Crippen LogP contribution in [0.4, 0.5) is 0 Å². The molecule has 0 N–H and O–H groups in total. The molecule has 0 saturated heterocycles. The lowest BCUT2D eigenvalue weighted by atomic mass is 9.86. The van der Waals surface area contributed by atoms with Crippen LogP contribution in [-0.4, -0.2) is 22.8 Å². The van der Waals surface area contributed by atoms with Crippen LogP contribution in [0.5, 0.6) is 0 Å². The van der Waals surface area contributed by atoms with E-state index in [4.69, 9.17) is 4.84 Å². The molecule has 0 spiro atoms. The molecule has 0 radical (unpaired) electrons. The van der Waals surface area contributed by atoms with Crippen LogP contribution in [-0.2, 0) is 4.84 Å². The van der Waals surface area contributed by atoms with E-state index in [-0.39, 0.29) is 10.8 Å². The van der Waals surface area contributed by atoms with Crippen molar-refractivity contribution in [2.45, 2.75) is 26.3 Å². The second-order valence-electron chi connectivity index (χ2n) is 3.49. The molecule has 1 aliphatic rings. The minimum Gasteiger partial charge on any atom is -0.395 e. The van der Waals surface area contributed by atoms with Gasteiger partial charge in [0.2, 0.25) is 5.54 Å². The minimum absolute atomic E-state index is 0.201. The first-order valence-corrected chi connectivity index (χ1v) is 3.77. The summed E-state index contributed by atoms with van der Waals surface area (Å²) in [6, 6.07) is 0. The zero-order chi connectivity index (χ0) is 9.35. The van der Waals surface area contributed by atoms with Gasteiger partial charge in [0.05, 0.1) is 5.71 Å². The van der Waals surface area contributed by atoms with Gasteiger partial charge in [-0.2, -0.15) is 0 Å². The molecule has 0 aromatic heterocycles. The lowest BCUT2D eigenvalue weighted by Crippen LogP contribution is -2.43. The van der Waals surface area contributed by atoms with E-state index >= 15 is 0 Å². The molecule has 1 rings (SSSR count). The van der Waals surface area contributed by atoms with E-state index in [2.05, 4.69) is 5.16 Å². The summed E-state index contributed by atoms with van der Waals surface area (Å²) in [6.07, 6.45) is 0. The summed E-state index contributed by atoms with van der Waals surface area (Å²) in [5.41, 5.74) is -0.277. The average molecular weight is 172 g/mol. The van der Waals surface area contributed by atoms with Gasteiger partial charge in [0, 0.05) is 18.8 Å². The monoisotopic (exact) mass is 172 g/mol. The Kier molecular flexibility index (Phi) is 2.04. The van der Waals surface area contributed by atoms with E-state index in [9.17, 15) is 10.1 Å². The van der Waals surface area contributed by atoms with Crippen molar-refractivity contribution < 1.29 is 9.76 Å². The molecular formula is C7H12N2O3. The molecule has 68 valence electrons. The van der Waals surface area contributed by atoms with Crippen LogP contribution in [0.2, 0.25) is 0 Å².